The van der Waals surface area contributed by atoms with Crippen LogP contribution >= 0.6 is 0 Å². The first kappa shape index (κ1) is 10.2. The predicted octanol–water partition coefficient (Wildman–Crippen LogP) is 1.91. The first-order valence-electron chi connectivity index (χ1n) is 3.89. The van der Waals surface area contributed by atoms with Gasteiger partial charge >= 0.3 is 0 Å². The van der Waals surface area contributed by atoms with Crippen LogP contribution in [0.2, 0.25) is 0 Å². The third-order valence-corrected chi connectivity index (χ3v) is 1.81. The molecule has 0 heterocycles. The summed E-state index contributed by atoms with van der Waals surface area (Å²) in [6, 6.07) is 4.36. The van der Waals surface area contributed by atoms with Gasteiger partial charge < -0.3 is 4.74 Å². The lowest BCUT2D eigenvalue weighted by molar-refractivity contribution is 0.101. The van der Waals surface area contributed by atoms with E-state index in [1.54, 1.807) is 6.07 Å². The summed E-state index contributed by atoms with van der Waals surface area (Å²) in [5.74, 6) is -1.10. The van der Waals surface area contributed by atoms with Crippen molar-refractivity contribution in [1.82, 2.24) is 0 Å². The van der Waals surface area contributed by atoms with Crippen LogP contribution in [0.25, 0.3) is 0 Å². The topological polar surface area (TPSA) is 50.1 Å². The van der Waals surface area contributed by atoms with Crippen molar-refractivity contribution >= 4 is 5.78 Å². The van der Waals surface area contributed by atoms with Crippen LogP contribution in [0.5, 0.6) is 5.75 Å². The van der Waals surface area contributed by atoms with E-state index in [-0.39, 0.29) is 16.9 Å². The zero-order valence-corrected chi connectivity index (χ0v) is 7.80. The number of benzene rings is 1. The van der Waals surface area contributed by atoms with E-state index in [2.05, 4.69) is 0 Å². The lowest BCUT2D eigenvalue weighted by atomic mass is 10.1. The van der Waals surface area contributed by atoms with Crippen LogP contribution < -0.4 is 4.74 Å². The number of halogens is 1. The smallest absolute Gasteiger partial charge is 0.162 e. The molecule has 1 aromatic rings. The first-order chi connectivity index (χ1) is 6.61. The highest BCUT2D eigenvalue weighted by Gasteiger charge is 2.15. The molecule has 72 valence electrons. The molecule has 0 aliphatic rings. The van der Waals surface area contributed by atoms with Crippen LogP contribution in [-0.4, -0.2) is 12.9 Å². The van der Waals surface area contributed by atoms with Crippen LogP contribution in [-0.2, 0) is 0 Å². The Balaban J connectivity index is 3.44. The summed E-state index contributed by atoms with van der Waals surface area (Å²) in [6.45, 7) is 1.24. The van der Waals surface area contributed by atoms with Crippen molar-refractivity contribution in [3.05, 3.63) is 29.1 Å². The molecule has 0 aromatic heterocycles. The summed E-state index contributed by atoms with van der Waals surface area (Å²) in [7, 11) is 1.34. The monoisotopic (exact) mass is 193 g/mol. The highest BCUT2D eigenvalue weighted by atomic mass is 19.1. The maximum Gasteiger partial charge on any atom is 0.162 e. The van der Waals surface area contributed by atoms with E-state index in [1.807, 2.05) is 0 Å². The number of carbonyl (C=O) groups is 1. The lowest BCUT2D eigenvalue weighted by Gasteiger charge is -2.05. The first-order valence-corrected chi connectivity index (χ1v) is 3.89. The summed E-state index contributed by atoms with van der Waals surface area (Å²) in [5, 5.41) is 8.66. The molecule has 0 fully saturated rings. The van der Waals surface area contributed by atoms with E-state index in [0.717, 1.165) is 0 Å². The van der Waals surface area contributed by atoms with Gasteiger partial charge in [0.1, 0.15) is 17.4 Å². The SMILES string of the molecule is COc1ccc(C(C)=O)c(F)c1C#N. The quantitative estimate of drug-likeness (QED) is 0.674. The van der Waals surface area contributed by atoms with Gasteiger partial charge in [-0.05, 0) is 19.1 Å². The molecule has 1 aromatic carbocycles. The summed E-state index contributed by atoms with van der Waals surface area (Å²) < 4.78 is 18.2. The molecule has 0 aliphatic heterocycles. The molecular formula is C10H8FNO2. The van der Waals surface area contributed by atoms with Gasteiger partial charge in [-0.25, -0.2) is 4.39 Å². The van der Waals surface area contributed by atoms with Crippen LogP contribution in [0.3, 0.4) is 0 Å². The number of methoxy groups -OCH3 is 1. The molecule has 0 N–H and O–H groups in total. The van der Waals surface area contributed by atoms with Crippen molar-refractivity contribution in [1.29, 1.82) is 5.26 Å². The Morgan fingerprint density at radius 2 is 2.21 bits per heavy atom. The third kappa shape index (κ3) is 1.57. The standard InChI is InChI=1S/C10H8FNO2/c1-6(13)7-3-4-9(14-2)8(5-12)10(7)11/h3-4H,1-2H3. The number of rotatable bonds is 2. The van der Waals surface area contributed by atoms with Gasteiger partial charge in [-0.15, -0.1) is 0 Å². The average molecular weight is 193 g/mol. The maximum absolute atomic E-state index is 13.4. The zero-order valence-electron chi connectivity index (χ0n) is 7.80. The zero-order chi connectivity index (χ0) is 10.7. The fourth-order valence-electron chi connectivity index (χ4n) is 1.10. The summed E-state index contributed by atoms with van der Waals surface area (Å²) >= 11 is 0. The number of hydrogen-bond acceptors (Lipinski definition) is 3. The van der Waals surface area contributed by atoms with E-state index >= 15 is 0 Å². The second kappa shape index (κ2) is 3.88. The number of ether oxygens (including phenoxy) is 1. The largest absolute Gasteiger partial charge is 0.495 e. The van der Waals surface area contributed by atoms with Gasteiger partial charge in [0.05, 0.1) is 12.7 Å². The van der Waals surface area contributed by atoms with E-state index in [1.165, 1.54) is 26.2 Å². The minimum atomic E-state index is -0.820. The second-order valence-electron chi connectivity index (χ2n) is 2.67. The van der Waals surface area contributed by atoms with Crippen LogP contribution in [0, 0.1) is 17.1 Å². The van der Waals surface area contributed by atoms with Gasteiger partial charge in [-0.2, -0.15) is 5.26 Å². The molecule has 4 heteroatoms. The van der Waals surface area contributed by atoms with Crippen LogP contribution in [0.15, 0.2) is 12.1 Å². The van der Waals surface area contributed by atoms with Crippen LogP contribution in [0.4, 0.5) is 4.39 Å². The summed E-state index contributed by atoms with van der Waals surface area (Å²) in [4.78, 5) is 10.9. The normalized spacial score (nSPS) is 9.29. The summed E-state index contributed by atoms with van der Waals surface area (Å²) in [5.41, 5.74) is -0.331. The highest BCUT2D eigenvalue weighted by molar-refractivity contribution is 5.95. The second-order valence-corrected chi connectivity index (χ2v) is 2.67. The highest BCUT2D eigenvalue weighted by Crippen LogP contribution is 2.23. The number of ketones is 1. The molecule has 0 unspecified atom stereocenters. The Hall–Kier alpha value is -1.89. The van der Waals surface area contributed by atoms with Gasteiger partial charge in [-0.1, -0.05) is 0 Å². The van der Waals surface area contributed by atoms with Crippen molar-refractivity contribution in [3.8, 4) is 11.8 Å². The van der Waals surface area contributed by atoms with Gasteiger partial charge in [-0.3, -0.25) is 4.79 Å². The predicted molar refractivity (Wildman–Crippen MR) is 47.7 cm³/mol. The lowest BCUT2D eigenvalue weighted by Crippen LogP contribution is -2.01. The van der Waals surface area contributed by atoms with E-state index in [9.17, 15) is 9.18 Å². The fourth-order valence-corrected chi connectivity index (χ4v) is 1.10. The Labute approximate surface area is 80.7 Å². The van der Waals surface area contributed by atoms with Gasteiger partial charge in [0.25, 0.3) is 0 Å². The molecular weight excluding hydrogens is 185 g/mol. The van der Waals surface area contributed by atoms with Crippen molar-refractivity contribution < 1.29 is 13.9 Å². The van der Waals surface area contributed by atoms with Gasteiger partial charge in [0, 0.05) is 0 Å². The third-order valence-electron chi connectivity index (χ3n) is 1.81. The molecule has 3 nitrogen and oxygen atoms in total. The Morgan fingerprint density at radius 3 is 2.64 bits per heavy atom. The number of hydrogen-bond donors (Lipinski definition) is 0. The summed E-state index contributed by atoms with van der Waals surface area (Å²) in [6.07, 6.45) is 0. The maximum atomic E-state index is 13.4. The van der Waals surface area contributed by atoms with Crippen molar-refractivity contribution in [2.24, 2.45) is 0 Å². The van der Waals surface area contributed by atoms with Crippen molar-refractivity contribution in [2.75, 3.05) is 7.11 Å². The molecule has 0 amide bonds. The Morgan fingerprint density at radius 1 is 1.57 bits per heavy atom. The number of carbonyl (C=O) groups excluding carboxylic acids is 1. The van der Waals surface area contributed by atoms with E-state index < -0.39 is 11.6 Å². The number of nitrogens with zero attached hydrogens (tertiary/aromatic N) is 1. The van der Waals surface area contributed by atoms with Gasteiger partial charge in [0.15, 0.2) is 11.6 Å². The number of Topliss-reactive ketones (excluding diaryl/α,β-unsaturated/α-hetero) is 1. The molecule has 0 aliphatic carbocycles. The van der Waals surface area contributed by atoms with Crippen molar-refractivity contribution in [3.63, 3.8) is 0 Å². The van der Waals surface area contributed by atoms with Crippen molar-refractivity contribution in [2.45, 2.75) is 6.92 Å². The molecule has 14 heavy (non-hydrogen) atoms. The minimum Gasteiger partial charge on any atom is -0.495 e. The molecule has 0 radical (unpaired) electrons. The molecule has 0 spiro atoms. The van der Waals surface area contributed by atoms with E-state index in [0.29, 0.717) is 0 Å². The molecule has 0 saturated heterocycles. The Kier molecular flexibility index (Phi) is 2.82. The average Bonchev–Trinajstić information content (AvgIpc) is 2.16. The Bertz CT molecular complexity index is 421. The molecule has 1 rings (SSSR count). The van der Waals surface area contributed by atoms with E-state index in [4.69, 9.17) is 10.00 Å². The van der Waals surface area contributed by atoms with Crippen LogP contribution in [0.1, 0.15) is 22.8 Å². The van der Waals surface area contributed by atoms with Gasteiger partial charge in [0.2, 0.25) is 0 Å². The fraction of sp³-hybridized carbons (Fsp3) is 0.200. The number of nitriles is 1. The minimum absolute atomic E-state index is 0.0950. The molecule has 0 atom stereocenters. The molecule has 0 bridgehead atoms. The molecule has 0 saturated carbocycles.